The minimum absolute atomic E-state index is 0.220. The van der Waals surface area contributed by atoms with Gasteiger partial charge >= 0.3 is 0 Å². The van der Waals surface area contributed by atoms with Crippen LogP contribution in [0.3, 0.4) is 0 Å². The lowest BCUT2D eigenvalue weighted by Gasteiger charge is -2.24. The molecule has 2 rings (SSSR count). The Balaban J connectivity index is 2.09. The van der Waals surface area contributed by atoms with Gasteiger partial charge in [-0.3, -0.25) is 4.90 Å². The van der Waals surface area contributed by atoms with Crippen molar-refractivity contribution in [1.29, 1.82) is 0 Å². The van der Waals surface area contributed by atoms with Crippen molar-refractivity contribution in [2.45, 2.75) is 31.4 Å². The molecule has 1 unspecified atom stereocenters. The van der Waals surface area contributed by atoms with Crippen LogP contribution in [0.4, 0.5) is 8.78 Å². The molecule has 1 heterocycles. The molecular formula is C13H16F2N4. The van der Waals surface area contributed by atoms with E-state index in [2.05, 4.69) is 10.0 Å². The lowest BCUT2D eigenvalue weighted by atomic mass is 10.1. The Kier molecular flexibility index (Phi) is 4.35. The molecule has 0 aliphatic carbocycles. The van der Waals surface area contributed by atoms with Crippen molar-refractivity contribution in [2.75, 3.05) is 13.1 Å². The molecule has 0 N–H and O–H groups in total. The molecule has 1 fully saturated rings. The maximum absolute atomic E-state index is 13.7. The van der Waals surface area contributed by atoms with Crippen LogP contribution in [0.5, 0.6) is 0 Å². The highest BCUT2D eigenvalue weighted by Crippen LogP contribution is 2.28. The molecule has 1 saturated heterocycles. The molecule has 0 saturated carbocycles. The molecule has 0 spiro atoms. The summed E-state index contributed by atoms with van der Waals surface area (Å²) in [6.07, 6.45) is 0.0182. The van der Waals surface area contributed by atoms with E-state index in [1.807, 2.05) is 30.3 Å². The fraction of sp³-hybridized carbons (Fsp3) is 0.538. The van der Waals surface area contributed by atoms with Crippen molar-refractivity contribution in [3.63, 3.8) is 0 Å². The van der Waals surface area contributed by atoms with Crippen LogP contribution in [0.25, 0.3) is 10.4 Å². The van der Waals surface area contributed by atoms with Gasteiger partial charge in [-0.25, -0.2) is 8.78 Å². The monoisotopic (exact) mass is 266 g/mol. The first-order chi connectivity index (χ1) is 9.09. The van der Waals surface area contributed by atoms with Crippen LogP contribution < -0.4 is 0 Å². The summed E-state index contributed by atoms with van der Waals surface area (Å²) in [6, 6.07) is 9.11. The molecule has 1 aromatic rings. The number of nitrogens with zero attached hydrogens (tertiary/aromatic N) is 4. The van der Waals surface area contributed by atoms with Gasteiger partial charge in [0.2, 0.25) is 0 Å². The summed E-state index contributed by atoms with van der Waals surface area (Å²) < 4.78 is 27.3. The number of alkyl halides is 2. The second kappa shape index (κ2) is 5.99. The molecule has 1 aromatic carbocycles. The molecule has 1 aliphatic rings. The third-order valence-electron chi connectivity index (χ3n) is 3.23. The minimum Gasteiger partial charge on any atom is -0.293 e. The average molecular weight is 266 g/mol. The summed E-state index contributed by atoms with van der Waals surface area (Å²) in [5.41, 5.74) is 9.45. The molecule has 6 heteroatoms. The van der Waals surface area contributed by atoms with Gasteiger partial charge < -0.3 is 0 Å². The number of hydrogen-bond donors (Lipinski definition) is 0. The Morgan fingerprint density at radius 3 is 2.79 bits per heavy atom. The van der Waals surface area contributed by atoms with E-state index in [0.29, 0.717) is 13.1 Å². The van der Waals surface area contributed by atoms with Gasteiger partial charge in [-0.1, -0.05) is 35.4 Å². The number of hydrogen-bond acceptors (Lipinski definition) is 2. The fourth-order valence-electron chi connectivity index (χ4n) is 2.37. The van der Waals surface area contributed by atoms with E-state index in [1.54, 1.807) is 4.90 Å². The lowest BCUT2D eigenvalue weighted by Crippen LogP contribution is -2.36. The van der Waals surface area contributed by atoms with Gasteiger partial charge in [-0.15, -0.1) is 0 Å². The van der Waals surface area contributed by atoms with Crippen molar-refractivity contribution >= 4 is 0 Å². The SMILES string of the molecule is [N-]=[N+]=NC1CCC(F)(F)CN(Cc2ccccc2)C1. The zero-order valence-corrected chi connectivity index (χ0v) is 10.5. The third kappa shape index (κ3) is 4.19. The Labute approximate surface area is 110 Å². The molecule has 1 aliphatic heterocycles. The molecule has 4 nitrogen and oxygen atoms in total. The van der Waals surface area contributed by atoms with Gasteiger partial charge in [0.25, 0.3) is 5.92 Å². The highest BCUT2D eigenvalue weighted by atomic mass is 19.3. The predicted octanol–water partition coefficient (Wildman–Crippen LogP) is 3.60. The lowest BCUT2D eigenvalue weighted by molar-refractivity contribution is -0.0311. The number of azide groups is 1. The molecule has 19 heavy (non-hydrogen) atoms. The smallest absolute Gasteiger partial charge is 0.260 e. The molecular weight excluding hydrogens is 250 g/mol. The largest absolute Gasteiger partial charge is 0.293 e. The van der Waals surface area contributed by atoms with E-state index in [1.165, 1.54) is 0 Å². The summed E-state index contributed by atoms with van der Waals surface area (Å²) in [5, 5.41) is 3.61. The van der Waals surface area contributed by atoms with Crippen LogP contribution in [0.1, 0.15) is 18.4 Å². The molecule has 0 amide bonds. The van der Waals surface area contributed by atoms with E-state index in [0.717, 1.165) is 5.56 Å². The van der Waals surface area contributed by atoms with Crippen LogP contribution in [0.2, 0.25) is 0 Å². The third-order valence-corrected chi connectivity index (χ3v) is 3.23. The Morgan fingerprint density at radius 2 is 2.11 bits per heavy atom. The molecule has 1 atom stereocenters. The number of rotatable bonds is 3. The van der Waals surface area contributed by atoms with Crippen molar-refractivity contribution in [3.05, 3.63) is 46.3 Å². The highest BCUT2D eigenvalue weighted by Gasteiger charge is 2.36. The Bertz CT molecular complexity index is 457. The Hall–Kier alpha value is -1.65. The number of benzene rings is 1. The quantitative estimate of drug-likeness (QED) is 0.468. The minimum atomic E-state index is -2.71. The second-order valence-corrected chi connectivity index (χ2v) is 4.91. The highest BCUT2D eigenvalue weighted by molar-refractivity contribution is 5.14. The van der Waals surface area contributed by atoms with Crippen molar-refractivity contribution in [2.24, 2.45) is 5.11 Å². The fourth-order valence-corrected chi connectivity index (χ4v) is 2.37. The van der Waals surface area contributed by atoms with Gasteiger partial charge in [0.1, 0.15) is 0 Å². The molecule has 102 valence electrons. The summed E-state index contributed by atoms with van der Waals surface area (Å²) in [4.78, 5) is 4.41. The van der Waals surface area contributed by atoms with Crippen LogP contribution in [-0.4, -0.2) is 30.0 Å². The van der Waals surface area contributed by atoms with Crippen LogP contribution in [0.15, 0.2) is 35.4 Å². The summed E-state index contributed by atoms with van der Waals surface area (Å²) in [5.74, 6) is -2.71. The van der Waals surface area contributed by atoms with Gasteiger partial charge in [0, 0.05) is 24.4 Å². The van der Waals surface area contributed by atoms with E-state index in [-0.39, 0.29) is 25.4 Å². The van der Waals surface area contributed by atoms with Crippen LogP contribution in [0, 0.1) is 0 Å². The second-order valence-electron chi connectivity index (χ2n) is 4.91. The molecule has 0 bridgehead atoms. The number of halogens is 2. The first kappa shape index (κ1) is 13.8. The zero-order chi connectivity index (χ0) is 13.7. The average Bonchev–Trinajstić information content (AvgIpc) is 2.50. The van der Waals surface area contributed by atoms with Crippen molar-refractivity contribution < 1.29 is 8.78 Å². The maximum atomic E-state index is 13.7. The van der Waals surface area contributed by atoms with E-state index in [9.17, 15) is 8.78 Å². The van der Waals surface area contributed by atoms with E-state index >= 15 is 0 Å². The van der Waals surface area contributed by atoms with Crippen LogP contribution >= 0.6 is 0 Å². The zero-order valence-electron chi connectivity index (χ0n) is 10.5. The molecule has 0 radical (unpaired) electrons. The number of likely N-dealkylation sites (tertiary alicyclic amines) is 1. The summed E-state index contributed by atoms with van der Waals surface area (Å²) in [7, 11) is 0. The Morgan fingerprint density at radius 1 is 1.37 bits per heavy atom. The summed E-state index contributed by atoms with van der Waals surface area (Å²) in [6.45, 7) is 0.557. The van der Waals surface area contributed by atoms with Gasteiger partial charge in [-0.2, -0.15) is 0 Å². The van der Waals surface area contributed by atoms with Crippen LogP contribution in [-0.2, 0) is 6.54 Å². The maximum Gasteiger partial charge on any atom is 0.260 e. The first-order valence-corrected chi connectivity index (χ1v) is 6.27. The first-order valence-electron chi connectivity index (χ1n) is 6.27. The summed E-state index contributed by atoms with van der Waals surface area (Å²) >= 11 is 0. The van der Waals surface area contributed by atoms with Crippen molar-refractivity contribution in [3.8, 4) is 0 Å². The standard InChI is InChI=1S/C13H16F2N4/c14-13(15)7-6-12(17-18-16)9-19(10-13)8-11-4-2-1-3-5-11/h1-5,12H,6-10H2. The van der Waals surface area contributed by atoms with E-state index in [4.69, 9.17) is 5.53 Å². The molecule has 0 aromatic heterocycles. The van der Waals surface area contributed by atoms with Gasteiger partial charge in [0.05, 0.1) is 12.6 Å². The van der Waals surface area contributed by atoms with Crippen molar-refractivity contribution in [1.82, 2.24) is 4.90 Å². The normalized spacial score (nSPS) is 23.4. The predicted molar refractivity (Wildman–Crippen MR) is 68.8 cm³/mol. The van der Waals surface area contributed by atoms with E-state index < -0.39 is 5.92 Å². The topological polar surface area (TPSA) is 52.0 Å². The van der Waals surface area contributed by atoms with Gasteiger partial charge in [-0.05, 0) is 17.5 Å². The van der Waals surface area contributed by atoms with Gasteiger partial charge in [0.15, 0.2) is 0 Å².